The molecule has 20 heavy (non-hydrogen) atoms. The molecule has 7 nitrogen and oxygen atoms in total. The number of hydrogen-bond donors (Lipinski definition) is 3. The van der Waals surface area contributed by atoms with Crippen LogP contribution in [0.5, 0.6) is 0 Å². The van der Waals surface area contributed by atoms with Crippen molar-refractivity contribution in [2.75, 3.05) is 25.0 Å². The number of nitrogens with zero attached hydrogens (tertiary/aromatic N) is 2. The number of benzene rings is 1. The third-order valence-corrected chi connectivity index (χ3v) is 3.08. The normalized spacial score (nSPS) is 18.1. The van der Waals surface area contributed by atoms with Crippen molar-refractivity contribution in [1.29, 1.82) is 5.26 Å². The minimum Gasteiger partial charge on any atom is -0.368 e. The Hall–Kier alpha value is -2.59. The molecule has 3 amide bonds. The van der Waals surface area contributed by atoms with Crippen LogP contribution in [-0.4, -0.2) is 42.5 Å². The highest BCUT2D eigenvalue weighted by Crippen LogP contribution is 2.12. The lowest BCUT2D eigenvalue weighted by Gasteiger charge is -2.34. The van der Waals surface area contributed by atoms with Crippen LogP contribution in [0.1, 0.15) is 5.56 Å². The summed E-state index contributed by atoms with van der Waals surface area (Å²) >= 11 is 0. The number of urea groups is 1. The maximum atomic E-state index is 12.2. The van der Waals surface area contributed by atoms with Crippen LogP contribution in [0.25, 0.3) is 0 Å². The molecule has 4 N–H and O–H groups in total. The van der Waals surface area contributed by atoms with Gasteiger partial charge in [-0.25, -0.2) is 4.79 Å². The van der Waals surface area contributed by atoms with Gasteiger partial charge in [-0.1, -0.05) is 6.07 Å². The SMILES string of the molecule is N#Cc1cccc(NC(=O)N2CCNCC2C(N)=O)c1. The molecule has 7 heteroatoms. The second-order valence-corrected chi connectivity index (χ2v) is 4.44. The maximum Gasteiger partial charge on any atom is 0.322 e. The number of primary amides is 1. The molecule has 0 saturated carbocycles. The van der Waals surface area contributed by atoms with Gasteiger partial charge < -0.3 is 21.3 Å². The first-order valence-electron chi connectivity index (χ1n) is 6.19. The van der Waals surface area contributed by atoms with Crippen LogP contribution in [0.3, 0.4) is 0 Å². The lowest BCUT2D eigenvalue weighted by molar-refractivity contribution is -0.122. The number of hydrogen-bond acceptors (Lipinski definition) is 4. The molecule has 0 aliphatic carbocycles. The molecular weight excluding hydrogens is 258 g/mol. The minimum absolute atomic E-state index is 0.348. The number of amides is 3. The third-order valence-electron chi connectivity index (χ3n) is 3.08. The Bertz CT molecular complexity index is 566. The van der Waals surface area contributed by atoms with Crippen LogP contribution in [0.4, 0.5) is 10.5 Å². The first kappa shape index (κ1) is 13.8. The molecule has 1 unspecified atom stereocenters. The van der Waals surface area contributed by atoms with Gasteiger partial charge in [0.25, 0.3) is 0 Å². The third kappa shape index (κ3) is 3.05. The zero-order chi connectivity index (χ0) is 14.5. The number of carbonyl (C=O) groups excluding carboxylic acids is 2. The number of nitrogens with one attached hydrogen (secondary N) is 2. The molecule has 0 spiro atoms. The van der Waals surface area contributed by atoms with Gasteiger partial charge in [-0.15, -0.1) is 0 Å². The summed E-state index contributed by atoms with van der Waals surface area (Å²) < 4.78 is 0. The van der Waals surface area contributed by atoms with Crippen LogP contribution in [-0.2, 0) is 4.79 Å². The number of anilines is 1. The zero-order valence-corrected chi connectivity index (χ0v) is 10.8. The number of nitriles is 1. The summed E-state index contributed by atoms with van der Waals surface area (Å²) in [7, 11) is 0. The van der Waals surface area contributed by atoms with E-state index in [9.17, 15) is 9.59 Å². The number of nitrogens with two attached hydrogens (primary N) is 1. The number of rotatable bonds is 2. The van der Waals surface area contributed by atoms with Crippen molar-refractivity contribution in [3.63, 3.8) is 0 Å². The molecule has 1 heterocycles. The van der Waals surface area contributed by atoms with Crippen molar-refractivity contribution in [2.24, 2.45) is 5.73 Å². The average molecular weight is 273 g/mol. The van der Waals surface area contributed by atoms with Crippen molar-refractivity contribution in [3.05, 3.63) is 29.8 Å². The van der Waals surface area contributed by atoms with Gasteiger partial charge in [-0.2, -0.15) is 5.26 Å². The first-order chi connectivity index (χ1) is 9.61. The summed E-state index contributed by atoms with van der Waals surface area (Å²) in [5.41, 5.74) is 6.25. The second kappa shape index (κ2) is 6.04. The first-order valence-corrected chi connectivity index (χ1v) is 6.19. The lowest BCUT2D eigenvalue weighted by Crippen LogP contribution is -2.59. The van der Waals surface area contributed by atoms with Gasteiger partial charge in [0, 0.05) is 25.3 Å². The Morgan fingerprint density at radius 1 is 1.50 bits per heavy atom. The number of piperazine rings is 1. The van der Waals surface area contributed by atoms with E-state index in [0.717, 1.165) is 0 Å². The van der Waals surface area contributed by atoms with Crippen molar-refractivity contribution in [1.82, 2.24) is 10.2 Å². The Labute approximate surface area is 116 Å². The van der Waals surface area contributed by atoms with Crippen molar-refractivity contribution in [2.45, 2.75) is 6.04 Å². The minimum atomic E-state index is -0.664. The summed E-state index contributed by atoms with van der Waals surface area (Å²) in [5, 5.41) is 14.5. The van der Waals surface area contributed by atoms with Crippen LogP contribution < -0.4 is 16.4 Å². The molecule has 1 saturated heterocycles. The monoisotopic (exact) mass is 273 g/mol. The van der Waals surface area contributed by atoms with Crippen LogP contribution in [0, 0.1) is 11.3 Å². The Morgan fingerprint density at radius 2 is 2.30 bits per heavy atom. The predicted molar refractivity (Wildman–Crippen MR) is 72.7 cm³/mol. The molecule has 0 radical (unpaired) electrons. The molecule has 1 aliphatic heterocycles. The fourth-order valence-electron chi connectivity index (χ4n) is 2.06. The van der Waals surface area contributed by atoms with Crippen LogP contribution >= 0.6 is 0 Å². The molecule has 0 aromatic heterocycles. The molecule has 1 aromatic rings. The molecule has 1 aliphatic rings. The molecule has 1 atom stereocenters. The van der Waals surface area contributed by atoms with Crippen LogP contribution in [0.2, 0.25) is 0 Å². The van der Waals surface area contributed by atoms with Crippen molar-refractivity contribution >= 4 is 17.6 Å². The van der Waals surface area contributed by atoms with Gasteiger partial charge in [0.15, 0.2) is 0 Å². The molecule has 1 aromatic carbocycles. The summed E-state index contributed by atoms with van der Waals surface area (Å²) in [6.45, 7) is 1.35. The standard InChI is InChI=1S/C13H15N5O2/c14-7-9-2-1-3-10(6-9)17-13(20)18-5-4-16-8-11(18)12(15)19/h1-3,6,11,16H,4-5,8H2,(H2,15,19)(H,17,20). The van der Waals surface area contributed by atoms with Gasteiger partial charge in [0.05, 0.1) is 11.6 Å². The largest absolute Gasteiger partial charge is 0.368 e. The maximum absolute atomic E-state index is 12.2. The van der Waals surface area contributed by atoms with Crippen LogP contribution in [0.15, 0.2) is 24.3 Å². The van der Waals surface area contributed by atoms with Gasteiger partial charge >= 0.3 is 6.03 Å². The fourth-order valence-corrected chi connectivity index (χ4v) is 2.06. The highest BCUT2D eigenvalue weighted by Gasteiger charge is 2.30. The fraction of sp³-hybridized carbons (Fsp3) is 0.308. The smallest absolute Gasteiger partial charge is 0.322 e. The van der Waals surface area contributed by atoms with Crippen molar-refractivity contribution in [3.8, 4) is 6.07 Å². The molecule has 104 valence electrons. The number of carbonyl (C=O) groups is 2. The van der Waals surface area contributed by atoms with Gasteiger partial charge in [0.2, 0.25) is 5.91 Å². The Kier molecular flexibility index (Phi) is 4.17. The lowest BCUT2D eigenvalue weighted by atomic mass is 10.2. The van der Waals surface area contributed by atoms with Gasteiger partial charge in [-0.3, -0.25) is 4.79 Å². The molecule has 1 fully saturated rings. The molecule has 0 bridgehead atoms. The van der Waals surface area contributed by atoms with Gasteiger partial charge in [0.1, 0.15) is 6.04 Å². The summed E-state index contributed by atoms with van der Waals surface area (Å²) in [5.74, 6) is -0.543. The molecular formula is C13H15N5O2. The van der Waals surface area contributed by atoms with E-state index in [0.29, 0.717) is 30.9 Å². The Morgan fingerprint density at radius 3 is 3.00 bits per heavy atom. The highest BCUT2D eigenvalue weighted by atomic mass is 16.2. The van der Waals surface area contributed by atoms with E-state index in [2.05, 4.69) is 10.6 Å². The van der Waals surface area contributed by atoms with E-state index in [1.165, 1.54) is 4.90 Å². The van der Waals surface area contributed by atoms with E-state index in [4.69, 9.17) is 11.0 Å². The van der Waals surface area contributed by atoms with E-state index >= 15 is 0 Å². The summed E-state index contributed by atoms with van der Waals surface area (Å²) in [6.07, 6.45) is 0. The average Bonchev–Trinajstić information content (AvgIpc) is 2.47. The predicted octanol–water partition coefficient (Wildman–Crippen LogP) is -0.151. The van der Waals surface area contributed by atoms with E-state index in [1.807, 2.05) is 6.07 Å². The van der Waals surface area contributed by atoms with E-state index in [1.54, 1.807) is 24.3 Å². The quantitative estimate of drug-likeness (QED) is 0.695. The summed E-state index contributed by atoms with van der Waals surface area (Å²) in [4.78, 5) is 24.9. The highest BCUT2D eigenvalue weighted by molar-refractivity contribution is 5.93. The second-order valence-electron chi connectivity index (χ2n) is 4.44. The van der Waals surface area contributed by atoms with E-state index < -0.39 is 18.0 Å². The Balaban J connectivity index is 2.10. The van der Waals surface area contributed by atoms with E-state index in [-0.39, 0.29) is 0 Å². The topological polar surface area (TPSA) is 111 Å². The van der Waals surface area contributed by atoms with Gasteiger partial charge in [-0.05, 0) is 18.2 Å². The summed E-state index contributed by atoms with van der Waals surface area (Å²) in [6, 6.07) is 7.51. The van der Waals surface area contributed by atoms with Crippen molar-refractivity contribution < 1.29 is 9.59 Å². The molecule has 2 rings (SSSR count). The zero-order valence-electron chi connectivity index (χ0n) is 10.8.